The molecule has 0 aliphatic carbocycles. The van der Waals surface area contributed by atoms with Crippen LogP contribution in [0.4, 0.5) is 0 Å². The van der Waals surface area contributed by atoms with Crippen LogP contribution in [0.15, 0.2) is 23.1 Å². The van der Waals surface area contributed by atoms with Crippen LogP contribution in [-0.2, 0) is 0 Å². The van der Waals surface area contributed by atoms with Gasteiger partial charge in [-0.25, -0.2) is 19.5 Å². The molecule has 0 saturated heterocycles. The summed E-state index contributed by atoms with van der Waals surface area (Å²) < 4.78 is 3.51. The van der Waals surface area contributed by atoms with E-state index < -0.39 is 0 Å². The Morgan fingerprint density at radius 1 is 1.25 bits per heavy atom. The lowest BCUT2D eigenvalue weighted by molar-refractivity contribution is 0.934. The average molecular weight is 400 g/mol. The van der Waals surface area contributed by atoms with Gasteiger partial charge in [0.05, 0.1) is 16.2 Å². The van der Waals surface area contributed by atoms with E-state index in [1.54, 1.807) is 28.4 Å². The van der Waals surface area contributed by atoms with E-state index in [4.69, 9.17) is 0 Å². The predicted octanol–water partition coefficient (Wildman–Crippen LogP) is 3.66. The Balaban J connectivity index is 1.89. The molecule has 5 rings (SSSR count). The van der Waals surface area contributed by atoms with Crippen molar-refractivity contribution in [1.29, 1.82) is 0 Å². The molecule has 0 aliphatic heterocycles. The average Bonchev–Trinajstić information content (AvgIpc) is 3.20. The number of aryl methyl sites for hydroxylation is 2. The van der Waals surface area contributed by atoms with Crippen LogP contribution < -0.4 is 0 Å². The van der Waals surface area contributed by atoms with Gasteiger partial charge in [-0.05, 0) is 41.4 Å². The summed E-state index contributed by atoms with van der Waals surface area (Å²) in [6.07, 6.45) is 3.38. The minimum atomic E-state index is 0.576. The summed E-state index contributed by atoms with van der Waals surface area (Å²) in [7, 11) is 0. The zero-order valence-corrected chi connectivity index (χ0v) is 15.1. The fourth-order valence-electron chi connectivity index (χ4n) is 2.90. The Kier molecular flexibility index (Phi) is 2.80. The molecule has 0 bridgehead atoms. The third kappa shape index (κ3) is 1.85. The summed E-state index contributed by atoms with van der Waals surface area (Å²) in [6.45, 7) is 4.09. The summed E-state index contributed by atoms with van der Waals surface area (Å²) in [6, 6.07) is 2.08. The lowest BCUT2D eigenvalue weighted by Crippen LogP contribution is -1.90. The van der Waals surface area contributed by atoms with Gasteiger partial charge < -0.3 is 0 Å². The lowest BCUT2D eigenvalue weighted by atomic mass is 10.1. The molecule has 5 heterocycles. The second-order valence-electron chi connectivity index (χ2n) is 5.58. The van der Waals surface area contributed by atoms with Crippen LogP contribution in [-0.4, -0.2) is 34.8 Å². The smallest absolute Gasteiger partial charge is 0.201 e. The second-order valence-corrected chi connectivity index (χ2v) is 7.43. The fourth-order valence-corrected chi connectivity index (χ4v) is 4.50. The highest BCUT2D eigenvalue weighted by molar-refractivity contribution is 9.10. The molecule has 0 radical (unpaired) electrons. The van der Waals surface area contributed by atoms with Crippen molar-refractivity contribution in [3.8, 4) is 11.5 Å². The number of aromatic nitrogens is 7. The Morgan fingerprint density at radius 2 is 2.12 bits per heavy atom. The van der Waals surface area contributed by atoms with Crippen molar-refractivity contribution in [3.05, 3.63) is 34.3 Å². The van der Waals surface area contributed by atoms with Gasteiger partial charge in [-0.1, -0.05) is 0 Å². The molecule has 0 unspecified atom stereocenters. The SMILES string of the molecule is Cc1cc(C)c2c(n1)sc1c2ncn2nc(-c3[nH]ncc3Br)nc12. The van der Waals surface area contributed by atoms with Gasteiger partial charge in [0, 0.05) is 11.1 Å². The maximum Gasteiger partial charge on any atom is 0.201 e. The highest BCUT2D eigenvalue weighted by Gasteiger charge is 2.18. The third-order valence-corrected chi connectivity index (χ3v) is 5.58. The number of hydrogen-bond acceptors (Lipinski definition) is 6. The molecular weight excluding hydrogens is 390 g/mol. The molecule has 0 aliphatic rings. The van der Waals surface area contributed by atoms with Crippen LogP contribution >= 0.6 is 27.3 Å². The molecule has 5 aromatic heterocycles. The molecule has 5 aromatic rings. The first-order chi connectivity index (χ1) is 11.6. The number of pyridine rings is 1. The van der Waals surface area contributed by atoms with Gasteiger partial charge in [0.1, 0.15) is 21.6 Å². The molecule has 0 spiro atoms. The third-order valence-electron chi connectivity index (χ3n) is 3.91. The van der Waals surface area contributed by atoms with Gasteiger partial charge in [0.2, 0.25) is 5.82 Å². The molecule has 7 nitrogen and oxygen atoms in total. The molecule has 0 aromatic carbocycles. The predicted molar refractivity (Wildman–Crippen MR) is 96.2 cm³/mol. The summed E-state index contributed by atoms with van der Waals surface area (Å²) >= 11 is 5.05. The number of halogens is 1. The minimum absolute atomic E-state index is 0.576. The van der Waals surface area contributed by atoms with Crippen LogP contribution in [0.5, 0.6) is 0 Å². The van der Waals surface area contributed by atoms with E-state index in [0.29, 0.717) is 5.82 Å². The quantitative estimate of drug-likeness (QED) is 0.464. The summed E-state index contributed by atoms with van der Waals surface area (Å²) in [5, 5.41) is 12.5. The van der Waals surface area contributed by atoms with E-state index in [-0.39, 0.29) is 0 Å². The number of thiophene rings is 1. The van der Waals surface area contributed by atoms with Crippen molar-refractivity contribution < 1.29 is 0 Å². The van der Waals surface area contributed by atoms with E-state index in [0.717, 1.165) is 41.9 Å². The zero-order valence-electron chi connectivity index (χ0n) is 12.7. The summed E-state index contributed by atoms with van der Waals surface area (Å²) in [5.74, 6) is 0.576. The van der Waals surface area contributed by atoms with E-state index in [1.165, 1.54) is 5.56 Å². The maximum absolute atomic E-state index is 4.68. The van der Waals surface area contributed by atoms with Crippen molar-refractivity contribution in [2.45, 2.75) is 13.8 Å². The van der Waals surface area contributed by atoms with Gasteiger partial charge in [0.15, 0.2) is 5.65 Å². The topological polar surface area (TPSA) is 84.6 Å². The first-order valence-electron chi connectivity index (χ1n) is 7.23. The van der Waals surface area contributed by atoms with Crippen LogP contribution in [0.3, 0.4) is 0 Å². The molecule has 9 heteroatoms. The van der Waals surface area contributed by atoms with Gasteiger partial charge in [0.25, 0.3) is 0 Å². The first-order valence-corrected chi connectivity index (χ1v) is 8.84. The number of hydrogen-bond donors (Lipinski definition) is 1. The van der Waals surface area contributed by atoms with E-state index in [1.807, 2.05) is 6.92 Å². The van der Waals surface area contributed by atoms with Gasteiger partial charge >= 0.3 is 0 Å². The second kappa shape index (κ2) is 4.81. The number of H-pyrrole nitrogens is 1. The summed E-state index contributed by atoms with van der Waals surface area (Å²) in [4.78, 5) is 14.9. The number of nitrogens with zero attached hydrogens (tertiary/aromatic N) is 6. The Morgan fingerprint density at radius 3 is 2.92 bits per heavy atom. The van der Waals surface area contributed by atoms with Crippen molar-refractivity contribution in [3.63, 3.8) is 0 Å². The largest absolute Gasteiger partial charge is 0.273 e. The molecule has 1 N–H and O–H groups in total. The lowest BCUT2D eigenvalue weighted by Gasteiger charge is -1.98. The van der Waals surface area contributed by atoms with Crippen LogP contribution in [0.2, 0.25) is 0 Å². The molecule has 0 atom stereocenters. The maximum atomic E-state index is 4.68. The zero-order chi connectivity index (χ0) is 16.4. The van der Waals surface area contributed by atoms with Crippen molar-refractivity contribution in [1.82, 2.24) is 34.8 Å². The Hall–Kier alpha value is -2.39. The number of fused-ring (bicyclic) bond motifs is 5. The Bertz CT molecular complexity index is 1250. The summed E-state index contributed by atoms with van der Waals surface area (Å²) in [5.41, 5.74) is 4.63. The van der Waals surface area contributed by atoms with Gasteiger partial charge in [-0.3, -0.25) is 5.10 Å². The molecule has 118 valence electrons. The first kappa shape index (κ1) is 14.0. The van der Waals surface area contributed by atoms with Crippen molar-refractivity contribution in [2.75, 3.05) is 0 Å². The molecule has 24 heavy (non-hydrogen) atoms. The molecule has 0 amide bonds. The molecular formula is C15H10BrN7S. The molecule has 0 saturated carbocycles. The van der Waals surface area contributed by atoms with Crippen LogP contribution in [0, 0.1) is 13.8 Å². The van der Waals surface area contributed by atoms with Gasteiger partial charge in [-0.2, -0.15) is 5.10 Å². The fraction of sp³-hybridized carbons (Fsp3) is 0.133. The van der Waals surface area contributed by atoms with E-state index in [9.17, 15) is 0 Å². The molecule has 0 fully saturated rings. The monoisotopic (exact) mass is 399 g/mol. The van der Waals surface area contributed by atoms with Crippen molar-refractivity contribution in [2.24, 2.45) is 0 Å². The highest BCUT2D eigenvalue weighted by atomic mass is 79.9. The van der Waals surface area contributed by atoms with Crippen LogP contribution in [0.1, 0.15) is 11.3 Å². The normalized spacial score (nSPS) is 12.0. The van der Waals surface area contributed by atoms with Gasteiger partial charge in [-0.15, -0.1) is 16.4 Å². The van der Waals surface area contributed by atoms with E-state index >= 15 is 0 Å². The number of rotatable bonds is 1. The standard InChI is InChI=1S/C15H10BrN7S/c1-6-3-7(2)19-15-9(6)11-12(24-15)14-20-13(22-23(14)5-17-11)10-8(16)4-18-21-10/h3-5H,1-2H3,(H,18,21). The van der Waals surface area contributed by atoms with Crippen molar-refractivity contribution >= 4 is 53.3 Å². The Labute approximate surface area is 147 Å². The number of nitrogens with one attached hydrogen (secondary N) is 1. The number of aromatic amines is 1. The van der Waals surface area contributed by atoms with Crippen LogP contribution in [0.25, 0.3) is 37.6 Å². The van der Waals surface area contributed by atoms with E-state index in [2.05, 4.69) is 59.2 Å². The highest BCUT2D eigenvalue weighted by Crippen LogP contribution is 2.36. The minimum Gasteiger partial charge on any atom is -0.273 e.